The van der Waals surface area contributed by atoms with E-state index in [0.29, 0.717) is 5.75 Å². The van der Waals surface area contributed by atoms with Crippen molar-refractivity contribution in [3.63, 3.8) is 0 Å². The lowest BCUT2D eigenvalue weighted by atomic mass is 9.90. The summed E-state index contributed by atoms with van der Waals surface area (Å²) in [6.45, 7) is 6.48. The second kappa shape index (κ2) is 11.2. The third-order valence-electron chi connectivity index (χ3n) is 5.46. The number of phenols is 1. The van der Waals surface area contributed by atoms with Crippen LogP contribution in [0.3, 0.4) is 0 Å². The number of hydrogen-bond acceptors (Lipinski definition) is 1. The van der Waals surface area contributed by atoms with Crippen LogP contribution in [0.25, 0.3) is 22.3 Å². The third kappa shape index (κ3) is 6.33. The van der Waals surface area contributed by atoms with E-state index in [-0.39, 0.29) is 0 Å². The zero-order chi connectivity index (χ0) is 22.1. The average molecular weight is 409 g/mol. The summed E-state index contributed by atoms with van der Waals surface area (Å²) in [5, 5.41) is 9.78. The van der Waals surface area contributed by atoms with E-state index >= 15 is 0 Å². The van der Waals surface area contributed by atoms with Crippen LogP contribution in [0, 0.1) is 13.8 Å². The minimum atomic E-state index is 0.306. The van der Waals surface area contributed by atoms with E-state index in [1.807, 2.05) is 36.4 Å². The minimum absolute atomic E-state index is 0.306. The Bertz CT molecular complexity index is 1100. The Labute approximate surface area is 187 Å². The molecule has 4 aromatic rings. The molecular weight excluding hydrogens is 376 g/mol. The molecule has 4 aromatic carbocycles. The fourth-order valence-corrected chi connectivity index (χ4v) is 3.69. The van der Waals surface area contributed by atoms with E-state index in [0.717, 1.165) is 17.5 Å². The normalized spacial score (nSPS) is 10.3. The van der Waals surface area contributed by atoms with Gasteiger partial charge in [-0.1, -0.05) is 97.8 Å². The molecule has 1 heteroatoms. The number of benzene rings is 4. The highest BCUT2D eigenvalue weighted by Gasteiger charge is 2.10. The molecule has 4 rings (SSSR count). The van der Waals surface area contributed by atoms with E-state index in [2.05, 4.69) is 75.4 Å². The maximum atomic E-state index is 9.78. The van der Waals surface area contributed by atoms with Crippen molar-refractivity contribution in [1.82, 2.24) is 0 Å². The number of unbranched alkanes of at least 4 members (excludes halogenated alkanes) is 1. The predicted molar refractivity (Wildman–Crippen MR) is 134 cm³/mol. The van der Waals surface area contributed by atoms with Gasteiger partial charge in [-0.2, -0.15) is 0 Å². The Hall–Kier alpha value is -3.32. The van der Waals surface area contributed by atoms with Crippen molar-refractivity contribution in [2.24, 2.45) is 0 Å². The molecule has 0 spiro atoms. The minimum Gasteiger partial charge on any atom is -0.508 e. The van der Waals surface area contributed by atoms with Crippen LogP contribution in [0.5, 0.6) is 5.75 Å². The first-order chi connectivity index (χ1) is 15.1. The van der Waals surface area contributed by atoms with Crippen LogP contribution in [-0.2, 0) is 6.42 Å². The Balaban J connectivity index is 0.000000330. The number of aromatic hydroxyl groups is 1. The van der Waals surface area contributed by atoms with Gasteiger partial charge in [0.2, 0.25) is 0 Å². The predicted octanol–water partition coefficient (Wildman–Crippen LogP) is 8.37. The van der Waals surface area contributed by atoms with Crippen molar-refractivity contribution in [3.05, 3.63) is 114 Å². The average Bonchev–Trinajstić information content (AvgIpc) is 2.79. The second-order valence-electron chi connectivity index (χ2n) is 8.00. The number of aryl methyl sites for hydroxylation is 3. The number of phenolic OH excluding ortho intramolecular Hbond substituents is 1. The Morgan fingerprint density at radius 2 is 1.35 bits per heavy atom. The maximum absolute atomic E-state index is 9.78. The largest absolute Gasteiger partial charge is 0.508 e. The van der Waals surface area contributed by atoms with E-state index in [4.69, 9.17) is 0 Å². The van der Waals surface area contributed by atoms with Crippen LogP contribution in [0.15, 0.2) is 97.1 Å². The topological polar surface area (TPSA) is 20.2 Å². The molecule has 0 fully saturated rings. The Morgan fingerprint density at radius 1 is 0.645 bits per heavy atom. The Kier molecular flexibility index (Phi) is 8.06. The molecule has 0 heterocycles. The van der Waals surface area contributed by atoms with E-state index in [1.165, 1.54) is 40.7 Å². The monoisotopic (exact) mass is 408 g/mol. The maximum Gasteiger partial charge on any atom is 0.116 e. The summed E-state index contributed by atoms with van der Waals surface area (Å²) in [6.07, 6.45) is 3.49. The smallest absolute Gasteiger partial charge is 0.116 e. The van der Waals surface area contributed by atoms with Crippen molar-refractivity contribution in [2.45, 2.75) is 40.0 Å². The summed E-state index contributed by atoms with van der Waals surface area (Å²) in [6, 6.07) is 33.0. The third-order valence-corrected chi connectivity index (χ3v) is 5.46. The molecule has 0 saturated heterocycles. The lowest BCUT2D eigenvalue weighted by Crippen LogP contribution is -1.93. The lowest BCUT2D eigenvalue weighted by Gasteiger charge is -2.14. The molecule has 0 radical (unpaired) electrons. The summed E-state index contributed by atoms with van der Waals surface area (Å²) in [7, 11) is 0. The van der Waals surface area contributed by atoms with Crippen LogP contribution < -0.4 is 0 Å². The van der Waals surface area contributed by atoms with Crippen molar-refractivity contribution >= 4 is 0 Å². The van der Waals surface area contributed by atoms with E-state index < -0.39 is 0 Å². The molecule has 0 aliphatic rings. The van der Waals surface area contributed by atoms with Gasteiger partial charge in [-0.3, -0.25) is 0 Å². The zero-order valence-corrected chi connectivity index (χ0v) is 18.8. The van der Waals surface area contributed by atoms with Gasteiger partial charge in [-0.25, -0.2) is 0 Å². The van der Waals surface area contributed by atoms with Crippen molar-refractivity contribution < 1.29 is 5.11 Å². The quantitative estimate of drug-likeness (QED) is 0.351. The summed E-state index contributed by atoms with van der Waals surface area (Å²) in [5.41, 5.74) is 8.81. The molecule has 0 aliphatic carbocycles. The van der Waals surface area contributed by atoms with Gasteiger partial charge >= 0.3 is 0 Å². The molecule has 0 saturated carbocycles. The SMILES string of the molecule is CCCCc1ccc(-c2cccc(O)c2)cc1-c1ccccc1C.Cc1ccccc1. The summed E-state index contributed by atoms with van der Waals surface area (Å²) < 4.78 is 0. The van der Waals surface area contributed by atoms with Gasteiger partial charge < -0.3 is 5.11 Å². The zero-order valence-electron chi connectivity index (χ0n) is 18.8. The molecular formula is C30H32O. The van der Waals surface area contributed by atoms with Gasteiger partial charge in [0.05, 0.1) is 0 Å². The first-order valence-corrected chi connectivity index (χ1v) is 11.1. The summed E-state index contributed by atoms with van der Waals surface area (Å²) in [4.78, 5) is 0. The van der Waals surface area contributed by atoms with Crippen molar-refractivity contribution in [2.75, 3.05) is 0 Å². The first-order valence-electron chi connectivity index (χ1n) is 11.1. The molecule has 158 valence electrons. The van der Waals surface area contributed by atoms with Gasteiger partial charge in [0.15, 0.2) is 0 Å². The summed E-state index contributed by atoms with van der Waals surface area (Å²) >= 11 is 0. The van der Waals surface area contributed by atoms with Crippen LogP contribution in [0.1, 0.15) is 36.5 Å². The first kappa shape index (κ1) is 22.4. The number of rotatable bonds is 5. The molecule has 0 atom stereocenters. The fraction of sp³-hybridized carbons (Fsp3) is 0.200. The number of hydrogen-bond donors (Lipinski definition) is 1. The highest BCUT2D eigenvalue weighted by Crippen LogP contribution is 2.33. The molecule has 1 nitrogen and oxygen atoms in total. The highest BCUT2D eigenvalue weighted by molar-refractivity contribution is 5.77. The van der Waals surface area contributed by atoms with Crippen molar-refractivity contribution in [1.29, 1.82) is 0 Å². The molecule has 0 bridgehead atoms. The fourth-order valence-electron chi connectivity index (χ4n) is 3.69. The molecule has 0 aliphatic heterocycles. The van der Waals surface area contributed by atoms with Gasteiger partial charge in [-0.05, 0) is 78.3 Å². The highest BCUT2D eigenvalue weighted by atomic mass is 16.3. The van der Waals surface area contributed by atoms with Gasteiger partial charge in [-0.15, -0.1) is 0 Å². The van der Waals surface area contributed by atoms with Gasteiger partial charge in [0.25, 0.3) is 0 Å². The second-order valence-corrected chi connectivity index (χ2v) is 8.00. The summed E-state index contributed by atoms with van der Waals surface area (Å²) in [5.74, 6) is 0.306. The molecule has 0 amide bonds. The standard InChI is InChI=1S/C23H24O.C7H8/c1-3-4-9-18-13-14-20(19-10-7-11-21(24)15-19)16-23(18)22-12-6-5-8-17(22)2;1-7-5-3-2-4-6-7/h5-8,10-16,24H,3-4,9H2,1-2H3;2-6H,1H3. The molecule has 0 aromatic heterocycles. The van der Waals surface area contributed by atoms with Gasteiger partial charge in [0.1, 0.15) is 5.75 Å². The van der Waals surface area contributed by atoms with Crippen LogP contribution in [-0.4, -0.2) is 5.11 Å². The lowest BCUT2D eigenvalue weighted by molar-refractivity contribution is 0.475. The molecule has 1 N–H and O–H groups in total. The van der Waals surface area contributed by atoms with E-state index in [9.17, 15) is 5.11 Å². The van der Waals surface area contributed by atoms with Gasteiger partial charge in [0, 0.05) is 0 Å². The van der Waals surface area contributed by atoms with Crippen LogP contribution >= 0.6 is 0 Å². The Morgan fingerprint density at radius 3 is 2.00 bits per heavy atom. The molecule has 31 heavy (non-hydrogen) atoms. The van der Waals surface area contributed by atoms with Crippen LogP contribution in [0.4, 0.5) is 0 Å². The van der Waals surface area contributed by atoms with Crippen molar-refractivity contribution in [3.8, 4) is 28.0 Å². The van der Waals surface area contributed by atoms with E-state index in [1.54, 1.807) is 6.07 Å². The van der Waals surface area contributed by atoms with Crippen LogP contribution in [0.2, 0.25) is 0 Å². The molecule has 0 unspecified atom stereocenters.